The average Bonchev–Trinajstić information content (AvgIpc) is 3.55. The number of piperidine rings is 1. The third-order valence-electron chi connectivity index (χ3n) is 5.50. The van der Waals surface area contributed by atoms with Crippen molar-refractivity contribution in [1.29, 1.82) is 0 Å². The molecule has 1 saturated carbocycles. The smallest absolute Gasteiger partial charge is 0.319 e. The van der Waals surface area contributed by atoms with Gasteiger partial charge in [-0.15, -0.1) is 0 Å². The summed E-state index contributed by atoms with van der Waals surface area (Å²) in [4.78, 5) is 27.1. The van der Waals surface area contributed by atoms with Crippen LogP contribution in [0.1, 0.15) is 30.7 Å². The second-order valence-corrected chi connectivity index (χ2v) is 8.01. The van der Waals surface area contributed by atoms with Crippen LogP contribution in [0.5, 0.6) is 0 Å². The molecule has 3 amide bonds. The number of rotatable bonds is 4. The lowest BCUT2D eigenvalue weighted by atomic mass is 9.85. The largest absolute Gasteiger partial charge is 0.340 e. The van der Waals surface area contributed by atoms with Gasteiger partial charge in [0.1, 0.15) is 0 Å². The van der Waals surface area contributed by atoms with Crippen molar-refractivity contribution in [3.05, 3.63) is 65.2 Å². The number of urea groups is 1. The van der Waals surface area contributed by atoms with Gasteiger partial charge in [0.2, 0.25) is 5.91 Å². The van der Waals surface area contributed by atoms with Crippen LogP contribution >= 0.6 is 11.6 Å². The number of halogens is 1. The maximum atomic E-state index is 12.6. The van der Waals surface area contributed by atoms with Gasteiger partial charge in [-0.25, -0.2) is 4.79 Å². The van der Waals surface area contributed by atoms with Crippen molar-refractivity contribution in [2.45, 2.75) is 31.2 Å². The molecular weight excluding hydrogens is 374 g/mol. The summed E-state index contributed by atoms with van der Waals surface area (Å²) >= 11 is 5.90. The number of benzene rings is 2. The number of likely N-dealkylation sites (tertiary alicyclic amines) is 1. The standard InChI is InChI=1S/C22H24ClN3O2/c23-17-8-10-18(11-9-17)24-22(28)25-20-14-26(21(27)16-6-7-16)13-12-19(20)15-4-2-1-3-5-15/h1-5,8-11,16,19-20H,6-7,12-14H2,(H2,24,25,28)/t19-,20+/m1/s1. The van der Waals surface area contributed by atoms with Crippen molar-refractivity contribution in [1.82, 2.24) is 10.2 Å². The molecule has 28 heavy (non-hydrogen) atoms. The molecule has 2 aromatic rings. The van der Waals surface area contributed by atoms with Gasteiger partial charge in [-0.05, 0) is 49.1 Å². The topological polar surface area (TPSA) is 61.4 Å². The molecule has 1 aliphatic heterocycles. The van der Waals surface area contributed by atoms with Gasteiger partial charge >= 0.3 is 6.03 Å². The summed E-state index contributed by atoms with van der Waals surface area (Å²) < 4.78 is 0. The molecule has 2 aliphatic rings. The summed E-state index contributed by atoms with van der Waals surface area (Å²) in [6.07, 6.45) is 2.83. The molecule has 0 aromatic heterocycles. The van der Waals surface area contributed by atoms with E-state index in [9.17, 15) is 9.59 Å². The first-order valence-electron chi connectivity index (χ1n) is 9.77. The zero-order valence-electron chi connectivity index (χ0n) is 15.6. The second-order valence-electron chi connectivity index (χ2n) is 7.58. The number of carbonyl (C=O) groups excluding carboxylic acids is 2. The van der Waals surface area contributed by atoms with Gasteiger partial charge in [0, 0.05) is 35.6 Å². The van der Waals surface area contributed by atoms with E-state index in [1.165, 1.54) is 5.56 Å². The molecule has 5 nitrogen and oxygen atoms in total. The maximum absolute atomic E-state index is 12.6. The predicted octanol–water partition coefficient (Wildman–Crippen LogP) is 4.26. The van der Waals surface area contributed by atoms with E-state index in [2.05, 4.69) is 22.8 Å². The van der Waals surface area contributed by atoms with Crippen molar-refractivity contribution in [2.24, 2.45) is 5.92 Å². The number of nitrogens with one attached hydrogen (secondary N) is 2. The summed E-state index contributed by atoms with van der Waals surface area (Å²) in [6.45, 7) is 1.29. The highest BCUT2D eigenvalue weighted by atomic mass is 35.5. The fourth-order valence-corrected chi connectivity index (χ4v) is 3.98. The van der Waals surface area contributed by atoms with Crippen LogP contribution in [0.15, 0.2) is 54.6 Å². The lowest BCUT2D eigenvalue weighted by Gasteiger charge is -2.39. The van der Waals surface area contributed by atoms with Gasteiger partial charge in [0.15, 0.2) is 0 Å². The van der Waals surface area contributed by atoms with Gasteiger partial charge in [-0.2, -0.15) is 0 Å². The number of amides is 3. The molecule has 1 heterocycles. The number of anilines is 1. The van der Waals surface area contributed by atoms with Crippen molar-refractivity contribution in [2.75, 3.05) is 18.4 Å². The highest BCUT2D eigenvalue weighted by Gasteiger charge is 2.38. The molecule has 0 bridgehead atoms. The molecule has 0 unspecified atom stereocenters. The summed E-state index contributed by atoms with van der Waals surface area (Å²) in [5, 5.41) is 6.58. The van der Waals surface area contributed by atoms with Crippen LogP contribution < -0.4 is 10.6 Å². The summed E-state index contributed by atoms with van der Waals surface area (Å²) in [6, 6.07) is 16.8. The zero-order chi connectivity index (χ0) is 19.5. The first kappa shape index (κ1) is 18.8. The fraction of sp³-hybridized carbons (Fsp3) is 0.364. The van der Waals surface area contributed by atoms with Crippen LogP contribution in [-0.4, -0.2) is 36.0 Å². The Morgan fingerprint density at radius 3 is 2.36 bits per heavy atom. The Bertz CT molecular complexity index is 837. The zero-order valence-corrected chi connectivity index (χ0v) is 16.4. The van der Waals surface area contributed by atoms with Crippen molar-refractivity contribution in [3.63, 3.8) is 0 Å². The van der Waals surface area contributed by atoms with E-state index in [0.29, 0.717) is 17.3 Å². The minimum atomic E-state index is -0.269. The van der Waals surface area contributed by atoms with Crippen molar-refractivity contribution < 1.29 is 9.59 Å². The Morgan fingerprint density at radius 1 is 0.964 bits per heavy atom. The molecule has 2 aromatic carbocycles. The third-order valence-corrected chi connectivity index (χ3v) is 5.75. The van der Waals surface area contributed by atoms with E-state index in [-0.39, 0.29) is 29.8 Å². The molecule has 1 saturated heterocycles. The van der Waals surface area contributed by atoms with Crippen LogP contribution in [0.2, 0.25) is 5.02 Å². The second kappa shape index (κ2) is 8.23. The number of hydrogen-bond acceptors (Lipinski definition) is 2. The molecule has 2 fully saturated rings. The lowest BCUT2D eigenvalue weighted by molar-refractivity contribution is -0.134. The van der Waals surface area contributed by atoms with E-state index in [0.717, 1.165) is 25.8 Å². The van der Waals surface area contributed by atoms with E-state index in [1.807, 2.05) is 23.1 Å². The molecule has 0 radical (unpaired) electrons. The number of carbonyl (C=O) groups is 2. The van der Waals surface area contributed by atoms with Crippen LogP contribution in [-0.2, 0) is 4.79 Å². The molecule has 0 spiro atoms. The SMILES string of the molecule is O=C(Nc1ccc(Cl)cc1)N[C@H]1CN(C(=O)C2CC2)CC[C@@H]1c1ccccc1. The Labute approximate surface area is 170 Å². The highest BCUT2D eigenvalue weighted by molar-refractivity contribution is 6.30. The maximum Gasteiger partial charge on any atom is 0.319 e. The van der Waals surface area contributed by atoms with Crippen LogP contribution in [0, 0.1) is 5.92 Å². The number of nitrogens with zero attached hydrogens (tertiary/aromatic N) is 1. The van der Waals surface area contributed by atoms with Gasteiger partial charge in [0.05, 0.1) is 6.04 Å². The van der Waals surface area contributed by atoms with Gasteiger partial charge in [0.25, 0.3) is 0 Å². The minimum Gasteiger partial charge on any atom is -0.340 e. The quantitative estimate of drug-likeness (QED) is 0.809. The Morgan fingerprint density at radius 2 is 1.68 bits per heavy atom. The summed E-state index contributed by atoms with van der Waals surface area (Å²) in [7, 11) is 0. The lowest BCUT2D eigenvalue weighted by Crippen LogP contribution is -2.54. The first-order chi connectivity index (χ1) is 13.6. The molecule has 2 atom stereocenters. The molecule has 1 aliphatic carbocycles. The molecule has 146 valence electrons. The average molecular weight is 398 g/mol. The van der Waals surface area contributed by atoms with E-state index >= 15 is 0 Å². The third kappa shape index (κ3) is 4.47. The highest BCUT2D eigenvalue weighted by Crippen LogP contribution is 2.34. The monoisotopic (exact) mass is 397 g/mol. The van der Waals surface area contributed by atoms with Crippen molar-refractivity contribution in [3.8, 4) is 0 Å². The Kier molecular flexibility index (Phi) is 5.53. The molecule has 2 N–H and O–H groups in total. The van der Waals surface area contributed by atoms with Gasteiger partial charge in [-0.3, -0.25) is 4.79 Å². The Hall–Kier alpha value is -2.53. The predicted molar refractivity (Wildman–Crippen MR) is 110 cm³/mol. The molecular formula is C22H24ClN3O2. The minimum absolute atomic E-state index is 0.133. The van der Waals surface area contributed by atoms with Crippen molar-refractivity contribution >= 4 is 29.2 Å². The van der Waals surface area contributed by atoms with E-state index in [4.69, 9.17) is 11.6 Å². The van der Waals surface area contributed by atoms with Crippen LogP contribution in [0.25, 0.3) is 0 Å². The molecule has 4 rings (SSSR count). The Balaban J connectivity index is 1.47. The summed E-state index contributed by atoms with van der Waals surface area (Å²) in [5.74, 6) is 0.605. The van der Waals surface area contributed by atoms with Crippen LogP contribution in [0.4, 0.5) is 10.5 Å². The van der Waals surface area contributed by atoms with Gasteiger partial charge in [-0.1, -0.05) is 41.9 Å². The van der Waals surface area contributed by atoms with Gasteiger partial charge < -0.3 is 15.5 Å². The van der Waals surface area contributed by atoms with E-state index < -0.39 is 0 Å². The molecule has 6 heteroatoms. The number of hydrogen-bond donors (Lipinski definition) is 2. The van der Waals surface area contributed by atoms with E-state index in [1.54, 1.807) is 24.3 Å². The van der Waals surface area contributed by atoms with Crippen LogP contribution in [0.3, 0.4) is 0 Å². The summed E-state index contributed by atoms with van der Waals surface area (Å²) in [5.41, 5.74) is 1.87. The first-order valence-corrected chi connectivity index (χ1v) is 10.1. The fourth-order valence-electron chi connectivity index (χ4n) is 3.85. The normalized spacial score (nSPS) is 21.8.